The lowest BCUT2D eigenvalue weighted by molar-refractivity contribution is 0.0588. The van der Waals surface area contributed by atoms with Crippen LogP contribution in [0.25, 0.3) is 0 Å². The first-order chi connectivity index (χ1) is 13.7. The number of benzene rings is 1. The van der Waals surface area contributed by atoms with Crippen molar-refractivity contribution in [3.05, 3.63) is 29.8 Å². The van der Waals surface area contributed by atoms with Crippen LogP contribution in [-0.2, 0) is 9.47 Å². The molecule has 2 aliphatic rings. The molecule has 0 aliphatic carbocycles. The molecule has 2 N–H and O–H groups in total. The minimum atomic E-state index is -0.0141. The van der Waals surface area contributed by atoms with E-state index in [4.69, 9.17) is 25.2 Å². The summed E-state index contributed by atoms with van der Waals surface area (Å²) in [5.74, 6) is 2.24. The first-order valence-corrected chi connectivity index (χ1v) is 10.1. The Kier molecular flexibility index (Phi) is 8.07. The van der Waals surface area contributed by atoms with Gasteiger partial charge < -0.3 is 29.7 Å². The molecular formula is C21H32N4O3. The van der Waals surface area contributed by atoms with Gasteiger partial charge in [-0.15, -0.1) is 0 Å². The minimum Gasteiger partial charge on any atom is -0.492 e. The van der Waals surface area contributed by atoms with Crippen LogP contribution in [0.3, 0.4) is 0 Å². The van der Waals surface area contributed by atoms with E-state index in [9.17, 15) is 0 Å². The fraction of sp³-hybridized carbons (Fsp3) is 0.667. The highest BCUT2D eigenvalue weighted by molar-refractivity contribution is 5.34. The fourth-order valence-corrected chi connectivity index (χ4v) is 4.17. The quantitative estimate of drug-likeness (QED) is 0.561. The van der Waals surface area contributed by atoms with E-state index in [2.05, 4.69) is 15.9 Å². The Hall–Kier alpha value is -1.69. The SMILES string of the molecule is COCCOCCN1CC2CN(C[C@@H](N)COc3ccc(C#N)cc3)CC2C1. The van der Waals surface area contributed by atoms with E-state index in [1.807, 2.05) is 12.1 Å². The van der Waals surface area contributed by atoms with Crippen LogP contribution in [-0.4, -0.2) is 88.6 Å². The Morgan fingerprint density at radius 3 is 2.39 bits per heavy atom. The second-order valence-electron chi connectivity index (χ2n) is 7.81. The number of likely N-dealkylation sites (tertiary alicyclic amines) is 2. The van der Waals surface area contributed by atoms with E-state index in [-0.39, 0.29) is 6.04 Å². The van der Waals surface area contributed by atoms with Crippen LogP contribution >= 0.6 is 0 Å². The van der Waals surface area contributed by atoms with Gasteiger partial charge in [0.1, 0.15) is 12.4 Å². The van der Waals surface area contributed by atoms with Crippen molar-refractivity contribution in [3.63, 3.8) is 0 Å². The molecule has 28 heavy (non-hydrogen) atoms. The molecule has 0 saturated carbocycles. The van der Waals surface area contributed by atoms with Crippen molar-refractivity contribution in [1.29, 1.82) is 5.26 Å². The number of methoxy groups -OCH3 is 1. The molecule has 3 atom stereocenters. The van der Waals surface area contributed by atoms with Gasteiger partial charge in [0.15, 0.2) is 0 Å². The molecule has 2 heterocycles. The maximum atomic E-state index is 8.83. The van der Waals surface area contributed by atoms with Crippen LogP contribution in [0.15, 0.2) is 24.3 Å². The third kappa shape index (κ3) is 6.16. The molecule has 0 aromatic heterocycles. The van der Waals surface area contributed by atoms with Crippen LogP contribution in [0.4, 0.5) is 0 Å². The maximum absolute atomic E-state index is 8.83. The summed E-state index contributed by atoms with van der Waals surface area (Å²) in [6, 6.07) is 9.25. The molecule has 7 nitrogen and oxygen atoms in total. The van der Waals surface area contributed by atoms with Crippen LogP contribution in [0, 0.1) is 23.2 Å². The number of nitrogens with zero attached hydrogens (tertiary/aromatic N) is 3. The van der Waals surface area contributed by atoms with Gasteiger partial charge in [0, 0.05) is 46.4 Å². The first kappa shape index (κ1) is 21.0. The first-order valence-electron chi connectivity index (χ1n) is 10.1. The van der Waals surface area contributed by atoms with Crippen LogP contribution < -0.4 is 10.5 Å². The molecule has 0 radical (unpaired) electrons. The van der Waals surface area contributed by atoms with Gasteiger partial charge in [-0.2, -0.15) is 5.26 Å². The molecule has 2 saturated heterocycles. The molecule has 1 aromatic rings. The lowest BCUT2D eigenvalue weighted by Crippen LogP contribution is -2.41. The summed E-state index contributed by atoms with van der Waals surface area (Å²) < 4.78 is 16.3. The zero-order valence-corrected chi connectivity index (χ0v) is 16.8. The topological polar surface area (TPSA) is 84.0 Å². The Bertz CT molecular complexity index is 620. The number of hydrogen-bond acceptors (Lipinski definition) is 7. The van der Waals surface area contributed by atoms with Gasteiger partial charge >= 0.3 is 0 Å². The maximum Gasteiger partial charge on any atom is 0.119 e. The van der Waals surface area contributed by atoms with Crippen LogP contribution in [0.2, 0.25) is 0 Å². The highest BCUT2D eigenvalue weighted by Gasteiger charge is 2.39. The monoisotopic (exact) mass is 388 g/mol. The van der Waals surface area contributed by atoms with Crippen molar-refractivity contribution in [3.8, 4) is 11.8 Å². The largest absolute Gasteiger partial charge is 0.492 e. The molecule has 0 amide bonds. The Labute approximate surface area is 167 Å². The molecule has 1 aromatic carbocycles. The van der Waals surface area contributed by atoms with E-state index < -0.39 is 0 Å². The lowest BCUT2D eigenvalue weighted by Gasteiger charge is -2.24. The van der Waals surface area contributed by atoms with E-state index >= 15 is 0 Å². The molecule has 3 rings (SSSR count). The zero-order valence-electron chi connectivity index (χ0n) is 16.8. The second-order valence-corrected chi connectivity index (χ2v) is 7.81. The third-order valence-corrected chi connectivity index (χ3v) is 5.56. The summed E-state index contributed by atoms with van der Waals surface area (Å²) in [6.45, 7) is 9.04. The highest BCUT2D eigenvalue weighted by Crippen LogP contribution is 2.30. The van der Waals surface area contributed by atoms with Crippen molar-refractivity contribution in [1.82, 2.24) is 9.80 Å². The van der Waals surface area contributed by atoms with E-state index in [0.717, 1.165) is 63.5 Å². The highest BCUT2D eigenvalue weighted by atomic mass is 16.5. The van der Waals surface area contributed by atoms with Crippen molar-refractivity contribution in [2.75, 3.05) is 72.8 Å². The van der Waals surface area contributed by atoms with Crippen molar-refractivity contribution in [2.45, 2.75) is 6.04 Å². The van der Waals surface area contributed by atoms with Crippen molar-refractivity contribution < 1.29 is 14.2 Å². The smallest absolute Gasteiger partial charge is 0.119 e. The predicted octanol–water partition coefficient (Wildman–Crippen LogP) is 0.791. The van der Waals surface area contributed by atoms with Crippen molar-refractivity contribution >= 4 is 0 Å². The molecule has 0 bridgehead atoms. The molecule has 2 aliphatic heterocycles. The molecule has 2 unspecified atom stereocenters. The summed E-state index contributed by atoms with van der Waals surface area (Å²) in [5, 5.41) is 8.83. The van der Waals surface area contributed by atoms with E-state index in [1.165, 1.54) is 0 Å². The van der Waals surface area contributed by atoms with Gasteiger partial charge in [0.2, 0.25) is 0 Å². The van der Waals surface area contributed by atoms with Gasteiger partial charge in [0.25, 0.3) is 0 Å². The zero-order chi connectivity index (χ0) is 19.8. The van der Waals surface area contributed by atoms with Gasteiger partial charge in [-0.1, -0.05) is 0 Å². The van der Waals surface area contributed by atoms with Gasteiger partial charge in [-0.25, -0.2) is 0 Å². The Morgan fingerprint density at radius 2 is 1.75 bits per heavy atom. The summed E-state index contributed by atoms with van der Waals surface area (Å²) in [7, 11) is 1.70. The second kappa shape index (κ2) is 10.7. The van der Waals surface area contributed by atoms with Crippen LogP contribution in [0.1, 0.15) is 5.56 Å². The average Bonchev–Trinajstić information content (AvgIpc) is 3.24. The van der Waals surface area contributed by atoms with Crippen molar-refractivity contribution in [2.24, 2.45) is 17.6 Å². The number of ether oxygens (including phenoxy) is 3. The third-order valence-electron chi connectivity index (χ3n) is 5.56. The predicted molar refractivity (Wildman–Crippen MR) is 107 cm³/mol. The van der Waals surface area contributed by atoms with Gasteiger partial charge in [0.05, 0.1) is 37.5 Å². The number of rotatable bonds is 11. The minimum absolute atomic E-state index is 0.0141. The summed E-state index contributed by atoms with van der Waals surface area (Å²) in [4.78, 5) is 5.00. The lowest BCUT2D eigenvalue weighted by atomic mass is 10.0. The van der Waals surface area contributed by atoms with E-state index in [1.54, 1.807) is 19.2 Å². The average molecular weight is 389 g/mol. The summed E-state index contributed by atoms with van der Waals surface area (Å²) in [6.07, 6.45) is 0. The molecular weight excluding hydrogens is 356 g/mol. The fourth-order valence-electron chi connectivity index (χ4n) is 4.17. The standard InChI is InChI=1S/C21H32N4O3/c1-26-8-9-27-7-6-24-11-18-13-25(14-19(18)12-24)15-20(23)16-28-21-4-2-17(10-22)3-5-21/h2-5,18-20H,6-9,11-16,23H2,1H3/t18?,19?,20-/m1/s1. The molecule has 154 valence electrons. The number of nitrogens with two attached hydrogens (primary N) is 1. The van der Waals surface area contributed by atoms with Gasteiger partial charge in [-0.3, -0.25) is 0 Å². The summed E-state index contributed by atoms with van der Waals surface area (Å²) >= 11 is 0. The number of fused-ring (bicyclic) bond motifs is 1. The Balaban J connectivity index is 1.30. The Morgan fingerprint density at radius 1 is 1.07 bits per heavy atom. The van der Waals surface area contributed by atoms with Crippen LogP contribution in [0.5, 0.6) is 5.75 Å². The molecule has 2 fully saturated rings. The molecule has 0 spiro atoms. The summed E-state index contributed by atoms with van der Waals surface area (Å²) in [5.41, 5.74) is 6.92. The normalized spacial score (nSPS) is 23.5. The van der Waals surface area contributed by atoms with Gasteiger partial charge in [-0.05, 0) is 36.1 Å². The number of nitriles is 1. The molecule has 7 heteroatoms. The number of hydrogen-bond donors (Lipinski definition) is 1. The van der Waals surface area contributed by atoms with E-state index in [0.29, 0.717) is 25.4 Å².